The van der Waals surface area contributed by atoms with Crippen LogP contribution in [0.25, 0.3) is 0 Å². The largest absolute Gasteiger partial charge is 0.478 e. The molecule has 0 saturated carbocycles. The van der Waals surface area contributed by atoms with Crippen LogP contribution >= 0.6 is 0 Å². The quantitative estimate of drug-likeness (QED) is 0.453. The second-order valence-corrected chi connectivity index (χ2v) is 3.16. The summed E-state index contributed by atoms with van der Waals surface area (Å²) in [6.45, 7) is 1.29. The van der Waals surface area contributed by atoms with E-state index in [0.29, 0.717) is 0 Å². The number of pyridine rings is 1. The topological polar surface area (TPSA) is 128 Å². The van der Waals surface area contributed by atoms with Gasteiger partial charge >= 0.3 is 5.97 Å². The molecule has 0 atom stereocenters. The number of carbonyl (C=O) groups excluding carboxylic acids is 1. The fourth-order valence-corrected chi connectivity index (χ4v) is 1.11. The van der Waals surface area contributed by atoms with Gasteiger partial charge in [-0.15, -0.1) is 0 Å². The first-order valence-corrected chi connectivity index (χ1v) is 4.83. The molecule has 18 heavy (non-hydrogen) atoms. The summed E-state index contributed by atoms with van der Waals surface area (Å²) in [5.41, 5.74) is 2.51. The molecule has 0 radical (unpaired) electrons. The molecule has 0 spiro atoms. The van der Waals surface area contributed by atoms with Crippen molar-refractivity contribution in [2.24, 2.45) is 5.10 Å². The van der Waals surface area contributed by atoms with Crippen molar-refractivity contribution in [2.75, 3.05) is 10.7 Å². The van der Waals surface area contributed by atoms with E-state index in [1.807, 2.05) is 0 Å². The first kappa shape index (κ1) is 13.3. The third-order valence-electron chi connectivity index (χ3n) is 1.77. The number of carbonyl (C=O) groups is 2. The van der Waals surface area contributed by atoms with Gasteiger partial charge in [-0.25, -0.2) is 9.78 Å². The van der Waals surface area contributed by atoms with Crippen molar-refractivity contribution in [3.63, 3.8) is 0 Å². The second-order valence-electron chi connectivity index (χ2n) is 3.16. The van der Waals surface area contributed by atoms with Gasteiger partial charge in [-0.3, -0.25) is 10.2 Å². The highest BCUT2D eigenvalue weighted by Gasteiger charge is 2.12. The number of aromatic nitrogens is 1. The van der Waals surface area contributed by atoms with Crippen LogP contribution < -0.4 is 10.7 Å². The van der Waals surface area contributed by atoms with Crippen LogP contribution in [0.5, 0.6) is 0 Å². The Kier molecular flexibility index (Phi) is 4.50. The summed E-state index contributed by atoms with van der Waals surface area (Å²) in [6.07, 6.45) is 3.32. The predicted octanol–water partition coefficient (Wildman–Crippen LogP) is 0.785. The van der Waals surface area contributed by atoms with E-state index >= 15 is 0 Å². The molecule has 1 amide bonds. The van der Waals surface area contributed by atoms with E-state index in [0.717, 1.165) is 12.4 Å². The standard InChI is InChI=1S/C10H11N5O3/c1-6(16)14-9-4-7(10(17)18)8(5-12-9)15-13-3-2-11/h2-5,11,15H,1H3,(H,17,18)(H,12,14,16)/b11-2?,13-3-. The highest BCUT2D eigenvalue weighted by atomic mass is 16.4. The van der Waals surface area contributed by atoms with Gasteiger partial charge in [-0.2, -0.15) is 5.10 Å². The Hall–Kier alpha value is -2.77. The number of rotatable bonds is 5. The van der Waals surface area contributed by atoms with Gasteiger partial charge in [0, 0.05) is 13.1 Å². The van der Waals surface area contributed by atoms with Gasteiger partial charge in [0.25, 0.3) is 0 Å². The van der Waals surface area contributed by atoms with Crippen molar-refractivity contribution in [1.82, 2.24) is 4.98 Å². The Morgan fingerprint density at radius 3 is 2.83 bits per heavy atom. The molecule has 0 aliphatic rings. The van der Waals surface area contributed by atoms with Crippen molar-refractivity contribution in [1.29, 1.82) is 5.41 Å². The summed E-state index contributed by atoms with van der Waals surface area (Å²) in [7, 11) is 0. The summed E-state index contributed by atoms with van der Waals surface area (Å²) >= 11 is 0. The number of aromatic carboxylic acids is 1. The number of hydrogen-bond donors (Lipinski definition) is 4. The molecule has 0 bridgehead atoms. The summed E-state index contributed by atoms with van der Waals surface area (Å²) in [6, 6.07) is 1.21. The predicted molar refractivity (Wildman–Crippen MR) is 66.4 cm³/mol. The van der Waals surface area contributed by atoms with Crippen LogP contribution in [0.2, 0.25) is 0 Å². The van der Waals surface area contributed by atoms with Gasteiger partial charge in [0.15, 0.2) is 0 Å². The smallest absolute Gasteiger partial charge is 0.338 e. The van der Waals surface area contributed by atoms with Crippen molar-refractivity contribution in [3.05, 3.63) is 17.8 Å². The van der Waals surface area contributed by atoms with Gasteiger partial charge in [-0.1, -0.05) is 0 Å². The third-order valence-corrected chi connectivity index (χ3v) is 1.77. The van der Waals surface area contributed by atoms with Gasteiger partial charge in [-0.05, 0) is 6.07 Å². The highest BCUT2D eigenvalue weighted by molar-refractivity contribution is 6.14. The number of carboxylic acid groups (broad SMARTS) is 1. The van der Waals surface area contributed by atoms with Crippen LogP contribution in [0.3, 0.4) is 0 Å². The molecule has 4 N–H and O–H groups in total. The first-order chi connectivity index (χ1) is 8.54. The molecule has 0 fully saturated rings. The zero-order valence-corrected chi connectivity index (χ0v) is 9.47. The second kappa shape index (κ2) is 6.09. The molecular weight excluding hydrogens is 238 g/mol. The van der Waals surface area contributed by atoms with Crippen LogP contribution in [-0.2, 0) is 4.79 Å². The maximum absolute atomic E-state index is 11.0. The molecular formula is C10H11N5O3. The Labute approximate surface area is 102 Å². The average Bonchev–Trinajstić information content (AvgIpc) is 2.30. The van der Waals surface area contributed by atoms with E-state index in [1.54, 1.807) is 0 Å². The fourth-order valence-electron chi connectivity index (χ4n) is 1.11. The molecule has 1 rings (SSSR count). The highest BCUT2D eigenvalue weighted by Crippen LogP contribution is 2.18. The lowest BCUT2D eigenvalue weighted by Crippen LogP contribution is -2.10. The van der Waals surface area contributed by atoms with E-state index in [-0.39, 0.29) is 23.0 Å². The Morgan fingerprint density at radius 1 is 1.56 bits per heavy atom. The molecule has 0 aliphatic heterocycles. The number of hydrogen-bond acceptors (Lipinski definition) is 6. The van der Waals surface area contributed by atoms with Crippen molar-refractivity contribution in [3.8, 4) is 0 Å². The summed E-state index contributed by atoms with van der Waals surface area (Å²) < 4.78 is 0. The van der Waals surface area contributed by atoms with Crippen LogP contribution in [0.15, 0.2) is 17.4 Å². The Bertz CT molecular complexity index is 512. The number of anilines is 2. The minimum absolute atomic E-state index is 0.0871. The molecule has 8 heteroatoms. The van der Waals surface area contributed by atoms with Crippen LogP contribution in [0.1, 0.15) is 17.3 Å². The fraction of sp³-hybridized carbons (Fsp3) is 0.100. The lowest BCUT2D eigenvalue weighted by molar-refractivity contribution is -0.114. The maximum atomic E-state index is 11.0. The number of carboxylic acids is 1. The molecule has 1 heterocycles. The van der Waals surface area contributed by atoms with Crippen molar-refractivity contribution >= 4 is 35.8 Å². The van der Waals surface area contributed by atoms with Crippen LogP contribution in [-0.4, -0.2) is 34.4 Å². The van der Waals surface area contributed by atoms with Gasteiger partial charge in [0.1, 0.15) is 5.82 Å². The van der Waals surface area contributed by atoms with Crippen molar-refractivity contribution < 1.29 is 14.7 Å². The Morgan fingerprint density at radius 2 is 2.28 bits per heavy atom. The number of nitrogens with zero attached hydrogens (tertiary/aromatic N) is 2. The lowest BCUT2D eigenvalue weighted by atomic mass is 10.2. The van der Waals surface area contributed by atoms with Crippen LogP contribution in [0, 0.1) is 5.41 Å². The summed E-state index contributed by atoms with van der Waals surface area (Å²) in [5, 5.41) is 21.7. The first-order valence-electron chi connectivity index (χ1n) is 4.83. The van der Waals surface area contributed by atoms with Gasteiger partial charge in [0.2, 0.25) is 5.91 Å². The number of hydrazone groups is 1. The number of nitrogens with one attached hydrogen (secondary N) is 3. The molecule has 8 nitrogen and oxygen atoms in total. The lowest BCUT2D eigenvalue weighted by Gasteiger charge is -2.07. The maximum Gasteiger partial charge on any atom is 0.338 e. The summed E-state index contributed by atoms with van der Waals surface area (Å²) in [4.78, 5) is 25.7. The molecule has 0 aromatic carbocycles. The minimum Gasteiger partial charge on any atom is -0.478 e. The average molecular weight is 249 g/mol. The van der Waals surface area contributed by atoms with E-state index in [1.165, 1.54) is 19.2 Å². The normalized spacial score (nSPS) is 10.1. The zero-order valence-electron chi connectivity index (χ0n) is 9.47. The monoisotopic (exact) mass is 249 g/mol. The van der Waals surface area contributed by atoms with E-state index in [4.69, 9.17) is 10.5 Å². The summed E-state index contributed by atoms with van der Waals surface area (Å²) in [5.74, 6) is -1.39. The van der Waals surface area contributed by atoms with E-state index in [2.05, 4.69) is 20.8 Å². The Balaban J connectivity index is 3.04. The molecule has 0 aliphatic carbocycles. The molecule has 1 aromatic rings. The van der Waals surface area contributed by atoms with Gasteiger partial charge in [0.05, 0.1) is 23.7 Å². The molecule has 94 valence electrons. The van der Waals surface area contributed by atoms with Crippen LogP contribution in [0.4, 0.5) is 11.5 Å². The molecule has 0 unspecified atom stereocenters. The molecule has 1 aromatic heterocycles. The van der Waals surface area contributed by atoms with Crippen molar-refractivity contribution in [2.45, 2.75) is 6.92 Å². The molecule has 0 saturated heterocycles. The zero-order chi connectivity index (χ0) is 13.5. The number of amides is 1. The minimum atomic E-state index is -1.18. The van der Waals surface area contributed by atoms with Gasteiger partial charge < -0.3 is 15.8 Å². The SMILES string of the molecule is CC(=O)Nc1cc(C(=O)O)c(N/N=C\C=N)cn1. The van der Waals surface area contributed by atoms with E-state index in [9.17, 15) is 9.59 Å². The van der Waals surface area contributed by atoms with E-state index < -0.39 is 5.97 Å². The third kappa shape index (κ3) is 3.67.